The van der Waals surface area contributed by atoms with Crippen LogP contribution in [0.3, 0.4) is 0 Å². The number of carbonyl (C=O) groups excluding carboxylic acids is 1. The van der Waals surface area contributed by atoms with Crippen LogP contribution in [0.2, 0.25) is 5.02 Å². The van der Waals surface area contributed by atoms with Gasteiger partial charge in [-0.1, -0.05) is 47.6 Å². The Morgan fingerprint density at radius 1 is 1.00 bits per heavy atom. The first-order valence-corrected chi connectivity index (χ1v) is 10.9. The third-order valence-corrected chi connectivity index (χ3v) is 6.05. The molecule has 0 unspecified atom stereocenters. The number of alkyl halides is 3. The molecular weight excluding hydrogens is 473 g/mol. The summed E-state index contributed by atoms with van der Waals surface area (Å²) in [5.74, 6) is -0.808. The highest BCUT2D eigenvalue weighted by Crippen LogP contribution is 2.40. The summed E-state index contributed by atoms with van der Waals surface area (Å²) in [7, 11) is 0. The van der Waals surface area contributed by atoms with Crippen molar-refractivity contribution in [2.75, 3.05) is 0 Å². The van der Waals surface area contributed by atoms with Crippen molar-refractivity contribution in [2.24, 2.45) is 0 Å². The summed E-state index contributed by atoms with van der Waals surface area (Å²) in [6, 6.07) is 20.2. The molecule has 4 rings (SSSR count). The molecule has 1 heterocycles. The molecule has 4 nitrogen and oxygen atoms in total. The van der Waals surface area contributed by atoms with Gasteiger partial charge in [0.1, 0.15) is 0 Å². The fourth-order valence-electron chi connectivity index (χ4n) is 3.03. The lowest BCUT2D eigenvalue weighted by molar-refractivity contribution is -0.137. The van der Waals surface area contributed by atoms with E-state index in [1.807, 2.05) is 18.2 Å². The van der Waals surface area contributed by atoms with Crippen LogP contribution in [0.1, 0.15) is 21.6 Å². The van der Waals surface area contributed by atoms with E-state index in [2.05, 4.69) is 5.10 Å². The van der Waals surface area contributed by atoms with Gasteiger partial charge in [0.2, 0.25) is 5.88 Å². The Hall–Kier alpha value is -3.23. The molecule has 0 fully saturated rings. The number of halogens is 4. The Morgan fingerprint density at radius 3 is 2.36 bits per heavy atom. The van der Waals surface area contributed by atoms with Crippen LogP contribution >= 0.6 is 23.4 Å². The molecule has 4 aromatic rings. The molecule has 0 amide bonds. The molecule has 1 aromatic heterocycles. The first-order valence-electron chi connectivity index (χ1n) is 9.70. The minimum atomic E-state index is -4.58. The summed E-state index contributed by atoms with van der Waals surface area (Å²) < 4.78 is 46.4. The molecule has 0 aliphatic carbocycles. The predicted molar refractivity (Wildman–Crippen MR) is 120 cm³/mol. The summed E-state index contributed by atoms with van der Waals surface area (Å²) in [6.45, 7) is 1.76. The van der Waals surface area contributed by atoms with Crippen LogP contribution in [-0.2, 0) is 6.18 Å². The van der Waals surface area contributed by atoms with Gasteiger partial charge in [-0.15, -0.1) is 0 Å². The van der Waals surface area contributed by atoms with Crippen LogP contribution in [0, 0.1) is 6.92 Å². The number of aryl methyl sites for hydroxylation is 1. The van der Waals surface area contributed by atoms with Crippen LogP contribution in [0.25, 0.3) is 5.69 Å². The zero-order valence-electron chi connectivity index (χ0n) is 17.1. The number of hydrogen-bond donors (Lipinski definition) is 0. The topological polar surface area (TPSA) is 44.1 Å². The zero-order valence-corrected chi connectivity index (χ0v) is 18.7. The standard InChI is InChI=1S/C24H16ClF3N2O2S/c1-15-21(33-20-12-10-18(25)11-13-20)22(30(29-15)19-8-3-2-4-9-19)32-23(31)16-6-5-7-17(14-16)24(26,27)28/h2-14H,1H3. The third kappa shape index (κ3) is 5.23. The van der Waals surface area contributed by atoms with Gasteiger partial charge >= 0.3 is 12.1 Å². The maximum atomic E-state index is 13.1. The van der Waals surface area contributed by atoms with Crippen LogP contribution in [-0.4, -0.2) is 15.7 Å². The van der Waals surface area contributed by atoms with E-state index in [-0.39, 0.29) is 11.4 Å². The first-order chi connectivity index (χ1) is 15.7. The van der Waals surface area contributed by atoms with Crippen LogP contribution in [0.4, 0.5) is 13.2 Å². The largest absolute Gasteiger partial charge is 0.416 e. The number of nitrogens with zero attached hydrogens (tertiary/aromatic N) is 2. The number of para-hydroxylation sites is 1. The number of hydrogen-bond acceptors (Lipinski definition) is 4. The van der Waals surface area contributed by atoms with Crippen LogP contribution in [0.5, 0.6) is 5.88 Å². The quantitative estimate of drug-likeness (QED) is 0.278. The summed E-state index contributed by atoms with van der Waals surface area (Å²) in [5.41, 5.74) is 0.0761. The molecule has 3 aromatic carbocycles. The summed E-state index contributed by atoms with van der Waals surface area (Å²) in [6.07, 6.45) is -4.58. The number of esters is 1. The number of ether oxygens (including phenoxy) is 1. The highest BCUT2D eigenvalue weighted by Gasteiger charge is 2.31. The molecule has 0 bridgehead atoms. The van der Waals surface area contributed by atoms with Gasteiger partial charge in [0.15, 0.2) is 0 Å². The van der Waals surface area contributed by atoms with Crippen LogP contribution in [0.15, 0.2) is 88.7 Å². The first kappa shape index (κ1) is 22.9. The molecule has 0 atom stereocenters. The van der Waals surface area contributed by atoms with Gasteiger partial charge in [0, 0.05) is 9.92 Å². The van der Waals surface area contributed by atoms with Gasteiger partial charge in [0.05, 0.1) is 27.4 Å². The maximum absolute atomic E-state index is 13.1. The minimum absolute atomic E-state index is 0.112. The molecule has 9 heteroatoms. The van der Waals surface area contributed by atoms with E-state index in [0.717, 1.165) is 17.0 Å². The molecule has 0 N–H and O–H groups in total. The maximum Gasteiger partial charge on any atom is 0.416 e. The molecule has 33 heavy (non-hydrogen) atoms. The van der Waals surface area contributed by atoms with Crippen molar-refractivity contribution in [3.8, 4) is 11.6 Å². The van der Waals surface area contributed by atoms with E-state index in [9.17, 15) is 18.0 Å². The SMILES string of the molecule is Cc1nn(-c2ccccc2)c(OC(=O)c2cccc(C(F)(F)F)c2)c1Sc1ccc(Cl)cc1. The van der Waals surface area contributed by atoms with E-state index in [0.29, 0.717) is 21.3 Å². The molecule has 0 aliphatic rings. The van der Waals surface area contributed by atoms with Crippen LogP contribution < -0.4 is 4.74 Å². The third-order valence-electron chi connectivity index (χ3n) is 4.61. The van der Waals surface area contributed by atoms with Crippen molar-refractivity contribution in [1.29, 1.82) is 0 Å². The molecule has 168 valence electrons. The van der Waals surface area contributed by atoms with Gasteiger partial charge in [-0.2, -0.15) is 23.0 Å². The molecular formula is C24H16ClF3N2O2S. The Labute approximate surface area is 197 Å². The lowest BCUT2D eigenvalue weighted by Gasteiger charge is -2.11. The Balaban J connectivity index is 1.75. The highest BCUT2D eigenvalue weighted by atomic mass is 35.5. The highest BCUT2D eigenvalue weighted by molar-refractivity contribution is 7.99. The number of carbonyl (C=O) groups is 1. The van der Waals surface area contributed by atoms with Gasteiger partial charge in [-0.05, 0) is 61.5 Å². The summed E-state index contributed by atoms with van der Waals surface area (Å²) >= 11 is 7.28. The van der Waals surface area contributed by atoms with Gasteiger partial charge in [-0.25, -0.2) is 4.79 Å². The Kier molecular flexibility index (Phi) is 6.49. The van der Waals surface area contributed by atoms with E-state index in [4.69, 9.17) is 16.3 Å². The Morgan fingerprint density at radius 2 is 1.70 bits per heavy atom. The van der Waals surface area contributed by atoms with Crippen molar-refractivity contribution >= 4 is 29.3 Å². The Bertz CT molecular complexity index is 1290. The molecule has 0 radical (unpaired) electrons. The molecule has 0 saturated heterocycles. The lowest BCUT2D eigenvalue weighted by atomic mass is 10.1. The van der Waals surface area contributed by atoms with Crippen molar-refractivity contribution in [1.82, 2.24) is 9.78 Å². The average Bonchev–Trinajstić information content (AvgIpc) is 3.10. The molecule has 0 spiro atoms. The summed E-state index contributed by atoms with van der Waals surface area (Å²) in [4.78, 5) is 14.3. The predicted octanol–water partition coefficient (Wildman–Crippen LogP) is 7.22. The van der Waals surface area contributed by atoms with Crippen molar-refractivity contribution < 1.29 is 22.7 Å². The lowest BCUT2D eigenvalue weighted by Crippen LogP contribution is -2.14. The van der Waals surface area contributed by atoms with E-state index in [1.54, 1.807) is 43.3 Å². The fraction of sp³-hybridized carbons (Fsp3) is 0.0833. The van der Waals surface area contributed by atoms with Gasteiger partial charge in [0.25, 0.3) is 0 Å². The monoisotopic (exact) mass is 488 g/mol. The number of benzene rings is 3. The minimum Gasteiger partial charge on any atom is -0.402 e. The van der Waals surface area contributed by atoms with Crippen molar-refractivity contribution in [3.63, 3.8) is 0 Å². The second-order valence-electron chi connectivity index (χ2n) is 6.99. The van der Waals surface area contributed by atoms with Crippen molar-refractivity contribution in [3.05, 3.63) is 101 Å². The average molecular weight is 489 g/mol. The molecule has 0 aliphatic heterocycles. The van der Waals surface area contributed by atoms with E-state index in [1.165, 1.54) is 28.6 Å². The zero-order chi connectivity index (χ0) is 23.6. The summed E-state index contributed by atoms with van der Waals surface area (Å²) in [5, 5.41) is 5.09. The fourth-order valence-corrected chi connectivity index (χ4v) is 4.07. The van der Waals surface area contributed by atoms with E-state index >= 15 is 0 Å². The van der Waals surface area contributed by atoms with Crippen molar-refractivity contribution in [2.45, 2.75) is 22.9 Å². The number of rotatable bonds is 5. The molecule has 0 saturated carbocycles. The normalized spacial score (nSPS) is 11.4. The van der Waals surface area contributed by atoms with E-state index < -0.39 is 17.7 Å². The number of aromatic nitrogens is 2. The second-order valence-corrected chi connectivity index (χ2v) is 8.51. The van der Waals surface area contributed by atoms with Gasteiger partial charge < -0.3 is 4.74 Å². The second kappa shape index (κ2) is 9.33. The smallest absolute Gasteiger partial charge is 0.402 e. The van der Waals surface area contributed by atoms with Gasteiger partial charge in [-0.3, -0.25) is 0 Å².